The number of nitrogens with zero attached hydrogens (tertiary/aromatic N) is 3. The number of hydrogen-bond acceptors (Lipinski definition) is 5. The summed E-state index contributed by atoms with van der Waals surface area (Å²) in [5, 5.41) is 15.5. The van der Waals surface area contributed by atoms with Crippen molar-refractivity contribution in [3.63, 3.8) is 0 Å². The van der Waals surface area contributed by atoms with E-state index in [0.29, 0.717) is 33.8 Å². The highest BCUT2D eigenvalue weighted by atomic mass is 35.5. The summed E-state index contributed by atoms with van der Waals surface area (Å²) in [5.74, 6) is 0.487. The quantitative estimate of drug-likeness (QED) is 0.461. The van der Waals surface area contributed by atoms with Crippen LogP contribution in [0.5, 0.6) is 0 Å². The fourth-order valence-electron chi connectivity index (χ4n) is 3.20. The second-order valence-electron chi connectivity index (χ2n) is 7.45. The predicted octanol–water partition coefficient (Wildman–Crippen LogP) is 4.79. The van der Waals surface area contributed by atoms with Crippen LogP contribution < -0.4 is 10.6 Å². The van der Waals surface area contributed by atoms with Gasteiger partial charge in [-0.25, -0.2) is 0 Å². The normalized spacial score (nSPS) is 11.8. The van der Waals surface area contributed by atoms with Gasteiger partial charge in [0.1, 0.15) is 0 Å². The van der Waals surface area contributed by atoms with E-state index in [1.807, 2.05) is 56.5 Å². The van der Waals surface area contributed by atoms with E-state index >= 15 is 0 Å². The van der Waals surface area contributed by atoms with Gasteiger partial charge in [0, 0.05) is 22.8 Å². The molecule has 0 spiro atoms. The maximum atomic E-state index is 12.6. The van der Waals surface area contributed by atoms with E-state index < -0.39 is 0 Å². The summed E-state index contributed by atoms with van der Waals surface area (Å²) < 4.78 is 1.91. The van der Waals surface area contributed by atoms with E-state index in [0.717, 1.165) is 11.1 Å². The van der Waals surface area contributed by atoms with Crippen LogP contribution in [0.3, 0.4) is 0 Å². The number of aromatic nitrogens is 3. The van der Waals surface area contributed by atoms with E-state index in [2.05, 4.69) is 20.8 Å². The van der Waals surface area contributed by atoms with Gasteiger partial charge in [-0.3, -0.25) is 9.59 Å². The van der Waals surface area contributed by atoms with Crippen molar-refractivity contribution in [2.45, 2.75) is 45.4 Å². The minimum absolute atomic E-state index is 0.159. The van der Waals surface area contributed by atoms with Gasteiger partial charge in [0.25, 0.3) is 5.91 Å². The molecule has 32 heavy (non-hydrogen) atoms. The molecule has 168 valence electrons. The number of rotatable bonds is 8. The van der Waals surface area contributed by atoms with Crippen molar-refractivity contribution in [2.75, 3.05) is 11.1 Å². The second-order valence-corrected chi connectivity index (χ2v) is 8.82. The Hall–Kier alpha value is -2.84. The van der Waals surface area contributed by atoms with Crippen LogP contribution in [-0.4, -0.2) is 32.3 Å². The molecular weight excluding hydrogens is 446 g/mol. The number of anilines is 1. The molecule has 0 aliphatic carbocycles. The monoisotopic (exact) mass is 471 g/mol. The van der Waals surface area contributed by atoms with Crippen molar-refractivity contribution in [3.8, 4) is 0 Å². The average molecular weight is 472 g/mol. The first-order valence-corrected chi connectivity index (χ1v) is 11.6. The maximum absolute atomic E-state index is 12.6. The molecule has 0 aliphatic heterocycles. The fraction of sp³-hybridized carbons (Fsp3) is 0.304. The highest BCUT2D eigenvalue weighted by Gasteiger charge is 2.20. The number of amides is 2. The van der Waals surface area contributed by atoms with Crippen LogP contribution in [0.4, 0.5) is 5.69 Å². The zero-order valence-electron chi connectivity index (χ0n) is 18.5. The summed E-state index contributed by atoms with van der Waals surface area (Å²) in [6.07, 6.45) is 0. The van der Waals surface area contributed by atoms with Crippen LogP contribution in [0.1, 0.15) is 47.2 Å². The molecule has 3 aromatic rings. The summed E-state index contributed by atoms with van der Waals surface area (Å²) in [6.45, 7) is 8.31. The van der Waals surface area contributed by atoms with Crippen LogP contribution in [0.25, 0.3) is 0 Å². The molecule has 9 heteroatoms. The molecule has 2 aromatic carbocycles. The molecule has 0 aliphatic rings. The maximum Gasteiger partial charge on any atom is 0.251 e. The minimum atomic E-state index is -0.340. The Morgan fingerprint density at radius 3 is 2.66 bits per heavy atom. The van der Waals surface area contributed by atoms with Gasteiger partial charge in [-0.15, -0.1) is 10.2 Å². The molecule has 1 aromatic heterocycles. The first kappa shape index (κ1) is 23.8. The van der Waals surface area contributed by atoms with E-state index in [1.165, 1.54) is 11.8 Å². The van der Waals surface area contributed by atoms with Crippen LogP contribution in [-0.2, 0) is 11.3 Å². The Morgan fingerprint density at radius 1 is 1.16 bits per heavy atom. The lowest BCUT2D eigenvalue weighted by Gasteiger charge is -2.15. The van der Waals surface area contributed by atoms with Crippen LogP contribution >= 0.6 is 23.4 Å². The number of thioether (sulfide) groups is 1. The molecule has 0 saturated heterocycles. The van der Waals surface area contributed by atoms with E-state index in [4.69, 9.17) is 11.6 Å². The van der Waals surface area contributed by atoms with Gasteiger partial charge in [0.05, 0.1) is 11.8 Å². The topological polar surface area (TPSA) is 88.9 Å². The smallest absolute Gasteiger partial charge is 0.251 e. The molecule has 3 rings (SSSR count). The van der Waals surface area contributed by atoms with Crippen molar-refractivity contribution < 1.29 is 9.59 Å². The molecule has 7 nitrogen and oxygen atoms in total. The SMILES string of the molecule is CCn1c(SCC(=O)Nc2cc(Cl)ccc2C)nnc1[C@@H](C)NC(=O)c1cccc(C)c1. The third kappa shape index (κ3) is 5.89. The van der Waals surface area contributed by atoms with Crippen molar-refractivity contribution >= 4 is 40.9 Å². The number of halogens is 1. The number of nitrogens with one attached hydrogen (secondary N) is 2. The molecule has 0 radical (unpaired) electrons. The number of carbonyl (C=O) groups excluding carboxylic acids is 2. The molecular formula is C23H26ClN5O2S. The van der Waals surface area contributed by atoms with Crippen LogP contribution in [0, 0.1) is 13.8 Å². The van der Waals surface area contributed by atoms with Crippen molar-refractivity contribution in [3.05, 3.63) is 70.0 Å². The zero-order chi connectivity index (χ0) is 23.3. The summed E-state index contributed by atoms with van der Waals surface area (Å²) in [7, 11) is 0. The number of carbonyl (C=O) groups is 2. The van der Waals surface area contributed by atoms with Crippen LogP contribution in [0.15, 0.2) is 47.6 Å². The lowest BCUT2D eigenvalue weighted by atomic mass is 10.1. The van der Waals surface area contributed by atoms with E-state index in [9.17, 15) is 9.59 Å². The lowest BCUT2D eigenvalue weighted by Crippen LogP contribution is -2.28. The third-order valence-corrected chi connectivity index (χ3v) is 6.08. The Kier molecular flexibility index (Phi) is 7.93. The van der Waals surface area contributed by atoms with Gasteiger partial charge in [0.15, 0.2) is 11.0 Å². The molecule has 2 N–H and O–H groups in total. The first-order chi connectivity index (χ1) is 15.3. The number of aryl methyl sites for hydroxylation is 2. The summed E-state index contributed by atoms with van der Waals surface area (Å²) in [4.78, 5) is 25.0. The average Bonchev–Trinajstić information content (AvgIpc) is 3.18. The summed E-state index contributed by atoms with van der Waals surface area (Å²) in [5.41, 5.74) is 3.24. The standard InChI is InChI=1S/C23H26ClN5O2S/c1-5-29-21(16(4)25-22(31)17-8-6-7-14(2)11-17)27-28-23(29)32-13-20(30)26-19-12-18(24)10-9-15(19)3/h6-12,16H,5,13H2,1-4H3,(H,25,31)(H,26,30)/t16-/m1/s1. The van der Waals surface area contributed by atoms with Crippen molar-refractivity contribution in [1.82, 2.24) is 20.1 Å². The Bertz CT molecular complexity index is 1130. The Balaban J connectivity index is 1.64. The zero-order valence-corrected chi connectivity index (χ0v) is 20.0. The largest absolute Gasteiger partial charge is 0.342 e. The summed E-state index contributed by atoms with van der Waals surface area (Å²) in [6, 6.07) is 12.4. The third-order valence-electron chi connectivity index (χ3n) is 4.88. The predicted molar refractivity (Wildman–Crippen MR) is 128 cm³/mol. The molecule has 0 bridgehead atoms. The van der Waals surface area contributed by atoms with Gasteiger partial charge < -0.3 is 15.2 Å². The number of hydrogen-bond donors (Lipinski definition) is 2. The van der Waals surface area contributed by atoms with Gasteiger partial charge in [0.2, 0.25) is 5.91 Å². The van der Waals surface area contributed by atoms with Gasteiger partial charge in [-0.05, 0) is 57.5 Å². The number of benzene rings is 2. The molecule has 0 fully saturated rings. The fourth-order valence-corrected chi connectivity index (χ4v) is 4.18. The highest BCUT2D eigenvalue weighted by molar-refractivity contribution is 7.99. The van der Waals surface area contributed by atoms with Gasteiger partial charge in [-0.2, -0.15) is 0 Å². The van der Waals surface area contributed by atoms with Crippen molar-refractivity contribution in [1.29, 1.82) is 0 Å². The van der Waals surface area contributed by atoms with Crippen LogP contribution in [0.2, 0.25) is 5.02 Å². The molecule has 2 amide bonds. The van der Waals surface area contributed by atoms with E-state index in [-0.39, 0.29) is 23.6 Å². The first-order valence-electron chi connectivity index (χ1n) is 10.3. The Morgan fingerprint density at radius 2 is 1.94 bits per heavy atom. The second kappa shape index (κ2) is 10.7. The van der Waals surface area contributed by atoms with Crippen molar-refractivity contribution in [2.24, 2.45) is 0 Å². The highest BCUT2D eigenvalue weighted by Crippen LogP contribution is 2.23. The molecule has 1 atom stereocenters. The van der Waals surface area contributed by atoms with Gasteiger partial charge in [-0.1, -0.05) is 47.1 Å². The minimum Gasteiger partial charge on any atom is -0.342 e. The molecule has 1 heterocycles. The summed E-state index contributed by atoms with van der Waals surface area (Å²) >= 11 is 7.32. The molecule has 0 saturated carbocycles. The van der Waals surface area contributed by atoms with Gasteiger partial charge >= 0.3 is 0 Å². The van der Waals surface area contributed by atoms with E-state index in [1.54, 1.807) is 18.2 Å². The Labute approximate surface area is 197 Å². The molecule has 0 unspecified atom stereocenters. The lowest BCUT2D eigenvalue weighted by molar-refractivity contribution is -0.113.